The molecule has 0 saturated carbocycles. The first-order chi connectivity index (χ1) is 15.1. The maximum atomic E-state index is 13.1. The first-order valence-electron chi connectivity index (χ1n) is 10.7. The van der Waals surface area contributed by atoms with Crippen LogP contribution in [-0.4, -0.2) is 14.3 Å². The molecule has 6 heteroatoms. The summed E-state index contributed by atoms with van der Waals surface area (Å²) < 4.78 is 29.0. The highest BCUT2D eigenvalue weighted by Crippen LogP contribution is 2.24. The Morgan fingerprint density at radius 1 is 0.844 bits per heavy atom. The summed E-state index contributed by atoms with van der Waals surface area (Å²) in [6.07, 6.45) is 0.722. The lowest BCUT2D eigenvalue weighted by atomic mass is 10.0. The van der Waals surface area contributed by atoms with Crippen LogP contribution in [0.1, 0.15) is 57.6 Å². The Hall–Kier alpha value is -3.12. The molecule has 0 heterocycles. The number of amides is 1. The molecule has 0 aliphatic rings. The molecule has 0 aliphatic carbocycles. The molecule has 1 amide bonds. The van der Waals surface area contributed by atoms with Gasteiger partial charge in [-0.15, -0.1) is 0 Å². The Labute approximate surface area is 190 Å². The van der Waals surface area contributed by atoms with Crippen molar-refractivity contribution in [1.29, 1.82) is 0 Å². The van der Waals surface area contributed by atoms with Crippen molar-refractivity contribution >= 4 is 21.6 Å². The minimum atomic E-state index is -3.86. The van der Waals surface area contributed by atoms with Crippen molar-refractivity contribution < 1.29 is 13.2 Å². The van der Waals surface area contributed by atoms with E-state index >= 15 is 0 Å². The summed E-state index contributed by atoms with van der Waals surface area (Å²) in [6.45, 7) is 9.50. The average Bonchev–Trinajstić information content (AvgIpc) is 2.75. The third-order valence-corrected chi connectivity index (χ3v) is 7.08. The van der Waals surface area contributed by atoms with Crippen molar-refractivity contribution in [3.05, 3.63) is 94.0 Å². The quantitative estimate of drug-likeness (QED) is 0.492. The lowest BCUT2D eigenvalue weighted by Gasteiger charge is -2.19. The predicted molar refractivity (Wildman–Crippen MR) is 130 cm³/mol. The number of benzene rings is 3. The van der Waals surface area contributed by atoms with Crippen molar-refractivity contribution in [3.63, 3.8) is 0 Å². The lowest BCUT2D eigenvalue weighted by Crippen LogP contribution is -2.28. The van der Waals surface area contributed by atoms with Crippen molar-refractivity contribution in [3.8, 4) is 0 Å². The molecular formula is C26H30N2O3S. The van der Waals surface area contributed by atoms with Gasteiger partial charge >= 0.3 is 0 Å². The van der Waals surface area contributed by atoms with Crippen molar-refractivity contribution in [2.24, 2.45) is 0 Å². The van der Waals surface area contributed by atoms with Gasteiger partial charge in [-0.3, -0.25) is 9.52 Å². The lowest BCUT2D eigenvalue weighted by molar-refractivity contribution is 0.0935. The molecule has 1 atom stereocenters. The van der Waals surface area contributed by atoms with E-state index in [1.165, 1.54) is 6.07 Å². The highest BCUT2D eigenvalue weighted by Gasteiger charge is 2.21. The van der Waals surface area contributed by atoms with E-state index in [4.69, 9.17) is 0 Å². The summed E-state index contributed by atoms with van der Waals surface area (Å²) in [4.78, 5) is 13.1. The standard InChI is InChI=1S/C26H30N2O3S/c1-6-23(21-12-8-17(2)9-13-21)27-26(29)22-14-11-20(5)25(16-22)32(30,31)28-24-15-18(3)7-10-19(24)4/h7-16,23,28H,6H2,1-5H3,(H,27,29). The molecule has 168 valence electrons. The van der Waals surface area contributed by atoms with E-state index in [9.17, 15) is 13.2 Å². The van der Waals surface area contributed by atoms with Crippen LogP contribution in [0.15, 0.2) is 65.6 Å². The van der Waals surface area contributed by atoms with E-state index < -0.39 is 10.0 Å². The van der Waals surface area contributed by atoms with E-state index in [-0.39, 0.29) is 16.8 Å². The minimum absolute atomic E-state index is 0.0921. The van der Waals surface area contributed by atoms with Crippen molar-refractivity contribution in [2.45, 2.75) is 52.0 Å². The summed E-state index contributed by atoms with van der Waals surface area (Å²) in [5.74, 6) is -0.305. The molecule has 32 heavy (non-hydrogen) atoms. The Morgan fingerprint density at radius 3 is 2.12 bits per heavy atom. The zero-order valence-corrected chi connectivity index (χ0v) is 20.0. The normalized spacial score (nSPS) is 12.3. The van der Waals surface area contributed by atoms with Crippen LogP contribution < -0.4 is 10.0 Å². The molecule has 0 spiro atoms. The van der Waals surface area contributed by atoms with E-state index in [1.807, 2.05) is 64.1 Å². The average molecular weight is 451 g/mol. The molecular weight excluding hydrogens is 420 g/mol. The van der Waals surface area contributed by atoms with Crippen LogP contribution in [0.4, 0.5) is 5.69 Å². The number of hydrogen-bond donors (Lipinski definition) is 2. The first kappa shape index (κ1) is 23.5. The van der Waals surface area contributed by atoms with Gasteiger partial charge in [-0.2, -0.15) is 0 Å². The van der Waals surface area contributed by atoms with Crippen LogP contribution in [0.25, 0.3) is 0 Å². The summed E-state index contributed by atoms with van der Waals surface area (Å²) in [5, 5.41) is 3.03. The maximum Gasteiger partial charge on any atom is 0.262 e. The molecule has 0 bridgehead atoms. The van der Waals surface area contributed by atoms with Gasteiger partial charge in [0.25, 0.3) is 15.9 Å². The van der Waals surface area contributed by atoms with Gasteiger partial charge in [0.2, 0.25) is 0 Å². The second-order valence-electron chi connectivity index (χ2n) is 8.25. The van der Waals surface area contributed by atoms with E-state index in [0.717, 1.165) is 28.7 Å². The molecule has 3 rings (SSSR count). The molecule has 0 radical (unpaired) electrons. The van der Waals surface area contributed by atoms with Crippen LogP contribution in [0.2, 0.25) is 0 Å². The number of carbonyl (C=O) groups is 1. The van der Waals surface area contributed by atoms with Crippen molar-refractivity contribution in [2.75, 3.05) is 4.72 Å². The fourth-order valence-electron chi connectivity index (χ4n) is 3.54. The summed E-state index contributed by atoms with van der Waals surface area (Å²) in [5.41, 5.74) is 5.37. The Balaban J connectivity index is 1.87. The minimum Gasteiger partial charge on any atom is -0.345 e. The fourth-order valence-corrected chi connectivity index (χ4v) is 4.93. The molecule has 0 saturated heterocycles. The van der Waals surface area contributed by atoms with E-state index in [2.05, 4.69) is 10.0 Å². The van der Waals surface area contributed by atoms with E-state index in [0.29, 0.717) is 16.8 Å². The van der Waals surface area contributed by atoms with Crippen LogP contribution in [0.5, 0.6) is 0 Å². The maximum absolute atomic E-state index is 13.1. The second-order valence-corrected chi connectivity index (χ2v) is 9.90. The first-order valence-corrected chi connectivity index (χ1v) is 12.2. The number of aryl methyl sites for hydroxylation is 4. The van der Waals surface area contributed by atoms with Gasteiger partial charge in [-0.25, -0.2) is 8.42 Å². The zero-order valence-electron chi connectivity index (χ0n) is 19.2. The number of rotatable bonds is 7. The highest BCUT2D eigenvalue weighted by molar-refractivity contribution is 7.92. The molecule has 0 aliphatic heterocycles. The third kappa shape index (κ3) is 5.37. The predicted octanol–water partition coefficient (Wildman–Crippen LogP) is 5.60. The smallest absolute Gasteiger partial charge is 0.262 e. The Morgan fingerprint density at radius 2 is 1.47 bits per heavy atom. The molecule has 5 nitrogen and oxygen atoms in total. The summed E-state index contributed by atoms with van der Waals surface area (Å²) in [7, 11) is -3.86. The number of anilines is 1. The van der Waals surface area contributed by atoms with Crippen LogP contribution in [-0.2, 0) is 10.0 Å². The highest BCUT2D eigenvalue weighted by atomic mass is 32.2. The zero-order chi connectivity index (χ0) is 23.5. The van der Waals surface area contributed by atoms with Gasteiger partial charge in [0.1, 0.15) is 0 Å². The molecule has 1 unspecified atom stereocenters. The molecule has 0 fully saturated rings. The van der Waals surface area contributed by atoms with Gasteiger partial charge < -0.3 is 5.32 Å². The number of sulfonamides is 1. The third-order valence-electron chi connectivity index (χ3n) is 5.57. The molecule has 3 aromatic carbocycles. The fraction of sp³-hybridized carbons (Fsp3) is 0.269. The monoisotopic (exact) mass is 450 g/mol. The van der Waals surface area contributed by atoms with Crippen LogP contribution in [0.3, 0.4) is 0 Å². The van der Waals surface area contributed by atoms with E-state index in [1.54, 1.807) is 25.1 Å². The van der Waals surface area contributed by atoms with Gasteiger partial charge in [-0.05, 0) is 74.6 Å². The van der Waals surface area contributed by atoms with Gasteiger partial charge in [0.15, 0.2) is 0 Å². The molecule has 2 N–H and O–H groups in total. The molecule has 0 aromatic heterocycles. The van der Waals surface area contributed by atoms with Crippen molar-refractivity contribution in [1.82, 2.24) is 5.32 Å². The topological polar surface area (TPSA) is 75.3 Å². The number of nitrogens with one attached hydrogen (secondary N) is 2. The summed E-state index contributed by atoms with van der Waals surface area (Å²) in [6, 6.07) is 18.2. The number of carbonyl (C=O) groups excluding carboxylic acids is 1. The van der Waals surface area contributed by atoms with Gasteiger partial charge in [-0.1, -0.05) is 55.0 Å². The SMILES string of the molecule is CCC(NC(=O)c1ccc(C)c(S(=O)(=O)Nc2cc(C)ccc2C)c1)c1ccc(C)cc1. The Bertz CT molecular complexity index is 1230. The molecule has 3 aromatic rings. The van der Waals surface area contributed by atoms with Gasteiger partial charge in [0.05, 0.1) is 16.6 Å². The van der Waals surface area contributed by atoms with Gasteiger partial charge in [0, 0.05) is 5.56 Å². The second kappa shape index (κ2) is 9.57. The Kier molecular flexibility index (Phi) is 7.04. The van der Waals surface area contributed by atoms with Crippen LogP contribution in [0, 0.1) is 27.7 Å². The summed E-state index contributed by atoms with van der Waals surface area (Å²) >= 11 is 0. The number of hydrogen-bond acceptors (Lipinski definition) is 3. The largest absolute Gasteiger partial charge is 0.345 e. The van der Waals surface area contributed by atoms with Crippen LogP contribution >= 0.6 is 0 Å².